The van der Waals surface area contributed by atoms with E-state index in [1.165, 1.54) is 17.7 Å². The van der Waals surface area contributed by atoms with Gasteiger partial charge in [0.05, 0.1) is 6.10 Å². The lowest BCUT2D eigenvalue weighted by atomic mass is 10.1. The highest BCUT2D eigenvalue weighted by Crippen LogP contribution is 2.27. The highest BCUT2D eigenvalue weighted by atomic mass is 16.3. The molecule has 17 heavy (non-hydrogen) atoms. The molecule has 0 saturated carbocycles. The molecule has 2 heterocycles. The number of benzene rings is 1. The van der Waals surface area contributed by atoms with E-state index in [1.54, 1.807) is 0 Å². The van der Waals surface area contributed by atoms with Crippen LogP contribution in [0.15, 0.2) is 24.3 Å². The Morgan fingerprint density at radius 1 is 1.41 bits per heavy atom. The Morgan fingerprint density at radius 3 is 3.12 bits per heavy atom. The van der Waals surface area contributed by atoms with Gasteiger partial charge in [-0.05, 0) is 37.4 Å². The lowest BCUT2D eigenvalue weighted by Crippen LogP contribution is -2.43. The molecule has 2 unspecified atom stereocenters. The Balaban J connectivity index is 1.66. The average molecular weight is 232 g/mol. The topological polar surface area (TPSA) is 35.5 Å². The number of anilines is 1. The van der Waals surface area contributed by atoms with Crippen molar-refractivity contribution in [2.75, 3.05) is 24.5 Å². The molecule has 0 aromatic heterocycles. The van der Waals surface area contributed by atoms with Crippen LogP contribution >= 0.6 is 0 Å². The van der Waals surface area contributed by atoms with E-state index < -0.39 is 0 Å². The van der Waals surface area contributed by atoms with Gasteiger partial charge in [-0.25, -0.2) is 0 Å². The standard InChI is InChI=1S/C14H20N2O/c17-14(12-5-3-8-15-12)10-16-9-7-11-4-1-2-6-13(11)16/h1-2,4,6,12,14-15,17H,3,5,7-10H2. The molecule has 2 aliphatic rings. The third-order valence-electron chi connectivity index (χ3n) is 3.95. The molecule has 0 spiro atoms. The van der Waals surface area contributed by atoms with Crippen LogP contribution in [0.5, 0.6) is 0 Å². The fourth-order valence-corrected chi connectivity index (χ4v) is 2.99. The van der Waals surface area contributed by atoms with Gasteiger partial charge in [-0.1, -0.05) is 18.2 Å². The van der Waals surface area contributed by atoms with Gasteiger partial charge in [-0.15, -0.1) is 0 Å². The molecule has 3 nitrogen and oxygen atoms in total. The number of rotatable bonds is 3. The first kappa shape index (κ1) is 11.1. The van der Waals surface area contributed by atoms with E-state index in [9.17, 15) is 5.11 Å². The predicted molar refractivity (Wildman–Crippen MR) is 69.4 cm³/mol. The van der Waals surface area contributed by atoms with Crippen LogP contribution in [-0.2, 0) is 6.42 Å². The molecule has 2 aliphatic heterocycles. The third kappa shape index (κ3) is 2.17. The summed E-state index contributed by atoms with van der Waals surface area (Å²) in [5, 5.41) is 13.6. The molecule has 1 aromatic carbocycles. The Kier molecular flexibility index (Phi) is 3.04. The molecule has 1 saturated heterocycles. The van der Waals surface area contributed by atoms with Crippen LogP contribution in [0.1, 0.15) is 18.4 Å². The second kappa shape index (κ2) is 4.67. The number of β-amino-alcohol motifs (C(OH)–C–C–N with tert-alkyl or cyclic N) is 1. The van der Waals surface area contributed by atoms with E-state index in [-0.39, 0.29) is 6.10 Å². The SMILES string of the molecule is OC(CN1CCc2ccccc21)C1CCCN1. The van der Waals surface area contributed by atoms with Gasteiger partial charge >= 0.3 is 0 Å². The van der Waals surface area contributed by atoms with Crippen LogP contribution in [0.25, 0.3) is 0 Å². The summed E-state index contributed by atoms with van der Waals surface area (Å²) in [4.78, 5) is 2.32. The van der Waals surface area contributed by atoms with E-state index in [2.05, 4.69) is 34.5 Å². The van der Waals surface area contributed by atoms with Crippen LogP contribution in [-0.4, -0.2) is 36.9 Å². The second-order valence-electron chi connectivity index (χ2n) is 5.09. The van der Waals surface area contributed by atoms with E-state index in [0.717, 1.165) is 32.5 Å². The zero-order valence-corrected chi connectivity index (χ0v) is 10.1. The highest BCUT2D eigenvalue weighted by Gasteiger charge is 2.27. The Hall–Kier alpha value is -1.06. The quantitative estimate of drug-likeness (QED) is 0.821. The number of nitrogens with zero attached hydrogens (tertiary/aromatic N) is 1. The zero-order valence-electron chi connectivity index (χ0n) is 10.1. The lowest BCUT2D eigenvalue weighted by Gasteiger charge is -2.26. The molecular formula is C14H20N2O. The minimum absolute atomic E-state index is 0.247. The monoisotopic (exact) mass is 232 g/mol. The Labute approximate surface area is 102 Å². The summed E-state index contributed by atoms with van der Waals surface area (Å²) in [6, 6.07) is 8.82. The lowest BCUT2D eigenvalue weighted by molar-refractivity contribution is 0.141. The smallest absolute Gasteiger partial charge is 0.0867 e. The minimum Gasteiger partial charge on any atom is -0.390 e. The van der Waals surface area contributed by atoms with Crippen LogP contribution < -0.4 is 10.2 Å². The van der Waals surface area contributed by atoms with Crippen molar-refractivity contribution >= 4 is 5.69 Å². The maximum Gasteiger partial charge on any atom is 0.0867 e. The molecule has 0 aliphatic carbocycles. The summed E-state index contributed by atoms with van der Waals surface area (Å²) in [5.41, 5.74) is 2.73. The number of hydrogen-bond acceptors (Lipinski definition) is 3. The summed E-state index contributed by atoms with van der Waals surface area (Å²) in [7, 11) is 0. The minimum atomic E-state index is -0.247. The van der Waals surface area contributed by atoms with Crippen molar-refractivity contribution < 1.29 is 5.11 Å². The van der Waals surface area contributed by atoms with E-state index in [4.69, 9.17) is 0 Å². The van der Waals surface area contributed by atoms with Crippen molar-refractivity contribution in [3.63, 3.8) is 0 Å². The van der Waals surface area contributed by atoms with Gasteiger partial charge < -0.3 is 15.3 Å². The number of nitrogens with one attached hydrogen (secondary N) is 1. The molecule has 2 N–H and O–H groups in total. The van der Waals surface area contributed by atoms with Crippen LogP contribution in [0.3, 0.4) is 0 Å². The highest BCUT2D eigenvalue weighted by molar-refractivity contribution is 5.57. The molecule has 0 bridgehead atoms. The van der Waals surface area contributed by atoms with Crippen molar-refractivity contribution in [3.8, 4) is 0 Å². The Morgan fingerprint density at radius 2 is 2.29 bits per heavy atom. The van der Waals surface area contributed by atoms with Crippen molar-refractivity contribution in [2.45, 2.75) is 31.4 Å². The van der Waals surface area contributed by atoms with E-state index in [0.29, 0.717) is 6.04 Å². The van der Waals surface area contributed by atoms with E-state index >= 15 is 0 Å². The molecule has 0 amide bonds. The van der Waals surface area contributed by atoms with Crippen LogP contribution in [0.2, 0.25) is 0 Å². The summed E-state index contributed by atoms with van der Waals surface area (Å²) in [5.74, 6) is 0. The maximum absolute atomic E-state index is 10.2. The van der Waals surface area contributed by atoms with Gasteiger partial charge in [0.2, 0.25) is 0 Å². The molecule has 92 valence electrons. The summed E-state index contributed by atoms with van der Waals surface area (Å²) in [6.45, 7) is 2.86. The van der Waals surface area contributed by atoms with Crippen LogP contribution in [0.4, 0.5) is 5.69 Å². The van der Waals surface area contributed by atoms with Crippen molar-refractivity contribution in [1.29, 1.82) is 0 Å². The van der Waals surface area contributed by atoms with Crippen molar-refractivity contribution in [3.05, 3.63) is 29.8 Å². The van der Waals surface area contributed by atoms with Gasteiger partial charge in [0.15, 0.2) is 0 Å². The third-order valence-corrected chi connectivity index (χ3v) is 3.95. The number of para-hydroxylation sites is 1. The van der Waals surface area contributed by atoms with Gasteiger partial charge in [0.25, 0.3) is 0 Å². The Bertz CT molecular complexity index is 388. The summed E-state index contributed by atoms with van der Waals surface area (Å²) >= 11 is 0. The summed E-state index contributed by atoms with van der Waals surface area (Å²) < 4.78 is 0. The van der Waals surface area contributed by atoms with Crippen LogP contribution in [0, 0.1) is 0 Å². The number of aliphatic hydroxyl groups is 1. The molecule has 1 aromatic rings. The van der Waals surface area contributed by atoms with Gasteiger partial charge in [0, 0.05) is 24.8 Å². The first-order valence-electron chi connectivity index (χ1n) is 6.59. The molecular weight excluding hydrogens is 212 g/mol. The van der Waals surface area contributed by atoms with Gasteiger partial charge in [-0.2, -0.15) is 0 Å². The van der Waals surface area contributed by atoms with Crippen molar-refractivity contribution in [1.82, 2.24) is 5.32 Å². The van der Waals surface area contributed by atoms with Gasteiger partial charge in [0.1, 0.15) is 0 Å². The van der Waals surface area contributed by atoms with Crippen molar-refractivity contribution in [2.24, 2.45) is 0 Å². The molecule has 3 rings (SSSR count). The molecule has 1 fully saturated rings. The molecule has 2 atom stereocenters. The fourth-order valence-electron chi connectivity index (χ4n) is 2.99. The number of fused-ring (bicyclic) bond motifs is 1. The predicted octanol–water partition coefficient (Wildman–Crippen LogP) is 1.16. The first-order valence-corrected chi connectivity index (χ1v) is 6.59. The molecule has 3 heteroatoms. The number of hydrogen-bond donors (Lipinski definition) is 2. The maximum atomic E-state index is 10.2. The normalized spacial score (nSPS) is 25.0. The number of aliphatic hydroxyl groups excluding tert-OH is 1. The fraction of sp³-hybridized carbons (Fsp3) is 0.571. The average Bonchev–Trinajstić information content (AvgIpc) is 2.98. The first-order chi connectivity index (χ1) is 8.34. The second-order valence-corrected chi connectivity index (χ2v) is 5.09. The summed E-state index contributed by atoms with van der Waals surface area (Å²) in [6.07, 6.45) is 3.17. The van der Waals surface area contributed by atoms with E-state index in [1.807, 2.05) is 0 Å². The van der Waals surface area contributed by atoms with Gasteiger partial charge in [-0.3, -0.25) is 0 Å². The molecule has 0 radical (unpaired) electrons. The zero-order chi connectivity index (χ0) is 11.7. The largest absolute Gasteiger partial charge is 0.390 e.